The van der Waals surface area contributed by atoms with Crippen LogP contribution in [0.15, 0.2) is 58.7 Å². The third-order valence-corrected chi connectivity index (χ3v) is 6.79. The second-order valence-corrected chi connectivity index (χ2v) is 8.92. The van der Waals surface area contributed by atoms with E-state index >= 15 is 0 Å². The Bertz CT molecular complexity index is 1170. The standard InChI is InChI=1S/C27H28ClNO5/c1-5-34-27(31)23-15(2)29-20-13-17(16-9-11-18(28)12-10-16)14-21(30)25(20)24(23)19-7-6-8-22(32-3)26(19)33-4/h6-12,17,23-24H,5,13-14H2,1-4H3/t17-,23?,24-/m1/s1. The fourth-order valence-electron chi connectivity index (χ4n) is 5.06. The predicted octanol–water partition coefficient (Wildman–Crippen LogP) is 5.50. The summed E-state index contributed by atoms with van der Waals surface area (Å²) in [6, 6.07) is 13.1. The van der Waals surface area contributed by atoms with E-state index in [2.05, 4.69) is 0 Å². The van der Waals surface area contributed by atoms with Gasteiger partial charge in [-0.3, -0.25) is 14.6 Å². The van der Waals surface area contributed by atoms with Gasteiger partial charge in [0.15, 0.2) is 17.3 Å². The van der Waals surface area contributed by atoms with E-state index in [4.69, 9.17) is 30.8 Å². The SMILES string of the molecule is CCOC(=O)C1C(C)=NC2=C(C(=O)C[C@H](c3ccc(Cl)cc3)C2)[C@@H]1c1cccc(OC)c1OC. The molecule has 0 saturated heterocycles. The van der Waals surface area contributed by atoms with Gasteiger partial charge in [0, 0.05) is 39.9 Å². The summed E-state index contributed by atoms with van der Waals surface area (Å²) in [6.45, 7) is 3.83. The maximum atomic E-state index is 13.7. The molecule has 7 heteroatoms. The molecule has 6 nitrogen and oxygen atoms in total. The van der Waals surface area contributed by atoms with Gasteiger partial charge in [-0.25, -0.2) is 0 Å². The summed E-state index contributed by atoms with van der Waals surface area (Å²) in [6.07, 6.45) is 0.922. The molecule has 0 fully saturated rings. The number of Topliss-reactive ketones (excluding diaryl/α,β-unsaturated/α-hetero) is 1. The number of allylic oxidation sites excluding steroid dienone is 2. The van der Waals surface area contributed by atoms with Gasteiger partial charge in [-0.05, 0) is 49.9 Å². The number of esters is 1. The number of benzene rings is 2. The van der Waals surface area contributed by atoms with Crippen molar-refractivity contribution in [2.45, 2.75) is 38.5 Å². The van der Waals surface area contributed by atoms with Crippen LogP contribution >= 0.6 is 11.6 Å². The van der Waals surface area contributed by atoms with Crippen molar-refractivity contribution in [1.82, 2.24) is 0 Å². The van der Waals surface area contributed by atoms with E-state index in [0.29, 0.717) is 51.9 Å². The van der Waals surface area contributed by atoms with Gasteiger partial charge in [0.25, 0.3) is 0 Å². The molecule has 34 heavy (non-hydrogen) atoms. The van der Waals surface area contributed by atoms with Crippen LogP contribution in [-0.4, -0.2) is 38.3 Å². The number of methoxy groups -OCH3 is 2. The number of ether oxygens (including phenoxy) is 3. The average molecular weight is 482 g/mol. The van der Waals surface area contributed by atoms with Crippen LogP contribution in [0, 0.1) is 5.92 Å². The van der Waals surface area contributed by atoms with Crippen LogP contribution in [-0.2, 0) is 14.3 Å². The van der Waals surface area contributed by atoms with Gasteiger partial charge in [0.2, 0.25) is 0 Å². The van der Waals surface area contributed by atoms with Crippen molar-refractivity contribution in [1.29, 1.82) is 0 Å². The number of rotatable bonds is 6. The highest BCUT2D eigenvalue weighted by molar-refractivity contribution is 6.30. The minimum atomic E-state index is -0.726. The largest absolute Gasteiger partial charge is 0.493 e. The molecule has 1 aliphatic heterocycles. The molecule has 2 aromatic carbocycles. The molecule has 0 amide bonds. The van der Waals surface area contributed by atoms with E-state index in [-0.39, 0.29) is 18.3 Å². The molecule has 2 aliphatic rings. The van der Waals surface area contributed by atoms with Crippen LogP contribution in [0.25, 0.3) is 0 Å². The Morgan fingerprint density at radius 1 is 1.09 bits per heavy atom. The first-order chi connectivity index (χ1) is 16.4. The maximum Gasteiger partial charge on any atom is 0.315 e. The highest BCUT2D eigenvalue weighted by Crippen LogP contribution is 2.50. The summed E-state index contributed by atoms with van der Waals surface area (Å²) in [5.74, 6) is -0.705. The van der Waals surface area contributed by atoms with Crippen molar-refractivity contribution in [3.63, 3.8) is 0 Å². The monoisotopic (exact) mass is 481 g/mol. The molecule has 0 bridgehead atoms. The molecular formula is C27H28ClNO5. The predicted molar refractivity (Wildman–Crippen MR) is 131 cm³/mol. The lowest BCUT2D eigenvalue weighted by Crippen LogP contribution is -2.38. The topological polar surface area (TPSA) is 74.2 Å². The second-order valence-electron chi connectivity index (χ2n) is 8.48. The Morgan fingerprint density at radius 2 is 1.82 bits per heavy atom. The lowest BCUT2D eigenvalue weighted by molar-refractivity contribution is -0.146. The van der Waals surface area contributed by atoms with E-state index in [0.717, 1.165) is 5.56 Å². The van der Waals surface area contributed by atoms with Gasteiger partial charge in [0.1, 0.15) is 5.92 Å². The molecular weight excluding hydrogens is 454 g/mol. The fraction of sp³-hybridized carbons (Fsp3) is 0.370. The highest BCUT2D eigenvalue weighted by atomic mass is 35.5. The zero-order chi connectivity index (χ0) is 24.4. The number of para-hydroxylation sites is 1. The van der Waals surface area contributed by atoms with Gasteiger partial charge in [-0.1, -0.05) is 35.9 Å². The normalized spacial score (nSPS) is 22.1. The van der Waals surface area contributed by atoms with E-state index in [1.54, 1.807) is 27.2 Å². The van der Waals surface area contributed by atoms with E-state index in [1.165, 1.54) is 0 Å². The third-order valence-electron chi connectivity index (χ3n) is 6.54. The number of carbonyl (C=O) groups is 2. The Morgan fingerprint density at radius 3 is 2.47 bits per heavy atom. The van der Waals surface area contributed by atoms with Gasteiger partial charge in [-0.15, -0.1) is 0 Å². The number of halogens is 1. The molecule has 0 radical (unpaired) electrons. The molecule has 178 valence electrons. The second kappa shape index (κ2) is 10.0. The van der Waals surface area contributed by atoms with E-state index < -0.39 is 17.8 Å². The van der Waals surface area contributed by atoms with E-state index in [9.17, 15) is 9.59 Å². The van der Waals surface area contributed by atoms with Crippen LogP contribution in [0.1, 0.15) is 49.7 Å². The van der Waals surface area contributed by atoms with Crippen molar-refractivity contribution < 1.29 is 23.8 Å². The van der Waals surface area contributed by atoms with Crippen molar-refractivity contribution in [2.75, 3.05) is 20.8 Å². The van der Waals surface area contributed by atoms with E-state index in [1.807, 2.05) is 43.3 Å². The van der Waals surface area contributed by atoms with Gasteiger partial charge >= 0.3 is 5.97 Å². The number of ketones is 1. The summed E-state index contributed by atoms with van der Waals surface area (Å²) >= 11 is 6.06. The Hall–Kier alpha value is -3.12. The van der Waals surface area contributed by atoms with Crippen molar-refractivity contribution in [2.24, 2.45) is 10.9 Å². The first kappa shape index (κ1) is 24.0. The summed E-state index contributed by atoms with van der Waals surface area (Å²) in [5, 5.41) is 0.653. The smallest absolute Gasteiger partial charge is 0.315 e. The molecule has 0 saturated carbocycles. The Kier molecular flexibility index (Phi) is 7.08. The number of carbonyl (C=O) groups excluding carboxylic acids is 2. The lowest BCUT2D eigenvalue weighted by atomic mass is 9.69. The fourth-order valence-corrected chi connectivity index (χ4v) is 5.19. The zero-order valence-electron chi connectivity index (χ0n) is 19.8. The van der Waals surface area contributed by atoms with Gasteiger partial charge < -0.3 is 14.2 Å². The lowest BCUT2D eigenvalue weighted by Gasteiger charge is -2.37. The van der Waals surface area contributed by atoms with Gasteiger partial charge in [-0.2, -0.15) is 0 Å². The highest BCUT2D eigenvalue weighted by Gasteiger charge is 2.46. The Balaban J connectivity index is 1.86. The first-order valence-corrected chi connectivity index (χ1v) is 11.7. The molecule has 2 aromatic rings. The minimum Gasteiger partial charge on any atom is -0.493 e. The van der Waals surface area contributed by atoms with Crippen molar-refractivity contribution in [3.05, 3.63) is 69.9 Å². The van der Waals surface area contributed by atoms with Crippen LogP contribution in [0.3, 0.4) is 0 Å². The maximum absolute atomic E-state index is 13.7. The summed E-state index contributed by atoms with van der Waals surface area (Å²) in [4.78, 5) is 31.6. The quantitative estimate of drug-likeness (QED) is 0.509. The molecule has 1 unspecified atom stereocenters. The zero-order valence-corrected chi connectivity index (χ0v) is 20.5. The average Bonchev–Trinajstić information content (AvgIpc) is 2.82. The van der Waals surface area contributed by atoms with Gasteiger partial charge in [0.05, 0.1) is 20.8 Å². The van der Waals surface area contributed by atoms with Crippen molar-refractivity contribution in [3.8, 4) is 11.5 Å². The van der Waals surface area contributed by atoms with Crippen molar-refractivity contribution >= 4 is 29.1 Å². The number of hydrogen-bond donors (Lipinski definition) is 0. The van der Waals surface area contributed by atoms with Crippen LogP contribution in [0.2, 0.25) is 5.02 Å². The minimum absolute atomic E-state index is 0.00735. The summed E-state index contributed by atoms with van der Waals surface area (Å²) in [7, 11) is 3.12. The van der Waals surface area contributed by atoms with Crippen LogP contribution < -0.4 is 9.47 Å². The summed E-state index contributed by atoms with van der Waals surface area (Å²) in [5.41, 5.74) is 3.64. The molecule has 0 aromatic heterocycles. The molecule has 4 rings (SSSR count). The molecule has 0 N–H and O–H groups in total. The molecule has 1 aliphatic carbocycles. The molecule has 3 atom stereocenters. The molecule has 1 heterocycles. The first-order valence-electron chi connectivity index (χ1n) is 11.3. The Labute approximate surface area is 204 Å². The number of aliphatic imine (C=N–C) groups is 1. The number of hydrogen-bond acceptors (Lipinski definition) is 6. The third kappa shape index (κ3) is 4.34. The summed E-state index contributed by atoms with van der Waals surface area (Å²) < 4.78 is 16.6. The van der Waals surface area contributed by atoms with Crippen LogP contribution in [0.4, 0.5) is 0 Å². The molecule has 0 spiro atoms. The number of nitrogens with zero attached hydrogens (tertiary/aromatic N) is 1. The van der Waals surface area contributed by atoms with Crippen LogP contribution in [0.5, 0.6) is 11.5 Å².